The number of amides is 1. The minimum absolute atomic E-state index is 0.0465. The molecule has 0 saturated carbocycles. The summed E-state index contributed by atoms with van der Waals surface area (Å²) in [6.45, 7) is 2.75. The van der Waals surface area contributed by atoms with Crippen LogP contribution in [-0.2, 0) is 11.3 Å². The van der Waals surface area contributed by atoms with Gasteiger partial charge in [-0.05, 0) is 24.6 Å². The van der Waals surface area contributed by atoms with Gasteiger partial charge < -0.3 is 16.4 Å². The lowest BCUT2D eigenvalue weighted by Crippen LogP contribution is -2.22. The van der Waals surface area contributed by atoms with Gasteiger partial charge in [0, 0.05) is 6.54 Å². The van der Waals surface area contributed by atoms with E-state index in [9.17, 15) is 4.79 Å². The van der Waals surface area contributed by atoms with Gasteiger partial charge in [-0.3, -0.25) is 4.79 Å². The lowest BCUT2D eigenvalue weighted by atomic mass is 10.1. The van der Waals surface area contributed by atoms with Crippen molar-refractivity contribution in [2.75, 3.05) is 17.2 Å². The van der Waals surface area contributed by atoms with E-state index in [1.807, 2.05) is 6.07 Å². The molecule has 0 spiro atoms. The normalized spacial score (nSPS) is 10.1. The molecule has 1 aromatic carbocycles. The van der Waals surface area contributed by atoms with Gasteiger partial charge in [0.25, 0.3) is 0 Å². The van der Waals surface area contributed by atoms with E-state index in [0.29, 0.717) is 5.82 Å². The van der Waals surface area contributed by atoms with Crippen LogP contribution in [0.4, 0.5) is 11.5 Å². The van der Waals surface area contributed by atoms with Crippen molar-refractivity contribution in [1.29, 1.82) is 0 Å². The summed E-state index contributed by atoms with van der Waals surface area (Å²) in [5.41, 5.74) is 8.57. The fourth-order valence-electron chi connectivity index (χ4n) is 1.68. The zero-order valence-corrected chi connectivity index (χ0v) is 11.4. The number of nitrogens with one attached hydrogen (secondary N) is 2. The molecule has 0 radical (unpaired) electrons. The number of aryl methyl sites for hydroxylation is 1. The summed E-state index contributed by atoms with van der Waals surface area (Å²) in [4.78, 5) is 15.3. The third-order valence-corrected chi connectivity index (χ3v) is 2.83. The molecule has 5 nitrogen and oxygen atoms in total. The van der Waals surface area contributed by atoms with E-state index in [0.717, 1.165) is 12.2 Å². The van der Waals surface area contributed by atoms with Gasteiger partial charge >= 0.3 is 0 Å². The first kappa shape index (κ1) is 14.0. The standard InChI is InChI=1S/C15H18N4O/c1-11-2-4-12(5-3-11)9-17-13-6-7-14(18-10-13)19-15(20)8-16/h2-7,10,17H,8-9,16H2,1H3,(H,18,19,20). The number of pyridine rings is 1. The highest BCUT2D eigenvalue weighted by molar-refractivity contribution is 5.91. The molecule has 0 saturated heterocycles. The quantitative estimate of drug-likeness (QED) is 0.775. The molecule has 104 valence electrons. The number of nitrogens with two attached hydrogens (primary N) is 1. The fraction of sp³-hybridized carbons (Fsp3) is 0.200. The molecule has 2 rings (SSSR count). The van der Waals surface area contributed by atoms with E-state index in [1.54, 1.807) is 12.3 Å². The summed E-state index contributed by atoms with van der Waals surface area (Å²) in [5, 5.41) is 5.87. The van der Waals surface area contributed by atoms with Crippen molar-refractivity contribution in [3.8, 4) is 0 Å². The maximum Gasteiger partial charge on any atom is 0.239 e. The van der Waals surface area contributed by atoms with E-state index in [-0.39, 0.29) is 12.5 Å². The first-order valence-electron chi connectivity index (χ1n) is 6.43. The minimum Gasteiger partial charge on any atom is -0.380 e. The molecule has 2 aromatic rings. The molecular weight excluding hydrogens is 252 g/mol. The van der Waals surface area contributed by atoms with Gasteiger partial charge in [-0.25, -0.2) is 4.98 Å². The smallest absolute Gasteiger partial charge is 0.239 e. The van der Waals surface area contributed by atoms with Crippen LogP contribution in [0.2, 0.25) is 0 Å². The topological polar surface area (TPSA) is 80.0 Å². The van der Waals surface area contributed by atoms with Crippen molar-refractivity contribution < 1.29 is 4.79 Å². The van der Waals surface area contributed by atoms with E-state index in [1.165, 1.54) is 11.1 Å². The molecular formula is C15H18N4O. The summed E-state index contributed by atoms with van der Waals surface area (Å²) >= 11 is 0. The number of rotatable bonds is 5. The zero-order valence-electron chi connectivity index (χ0n) is 11.4. The van der Waals surface area contributed by atoms with Crippen LogP contribution in [0.25, 0.3) is 0 Å². The van der Waals surface area contributed by atoms with Crippen molar-refractivity contribution in [3.63, 3.8) is 0 Å². The molecule has 0 aliphatic carbocycles. The summed E-state index contributed by atoms with van der Waals surface area (Å²) in [6.07, 6.45) is 1.68. The molecule has 0 bridgehead atoms. The van der Waals surface area contributed by atoms with E-state index >= 15 is 0 Å². The fourth-order valence-corrected chi connectivity index (χ4v) is 1.68. The number of benzene rings is 1. The maximum absolute atomic E-state index is 11.1. The van der Waals surface area contributed by atoms with Crippen LogP contribution in [0.5, 0.6) is 0 Å². The van der Waals surface area contributed by atoms with Gasteiger partial charge in [0.2, 0.25) is 5.91 Å². The Bertz CT molecular complexity index is 563. The van der Waals surface area contributed by atoms with Crippen molar-refractivity contribution in [2.24, 2.45) is 5.73 Å². The molecule has 4 N–H and O–H groups in total. The second kappa shape index (κ2) is 6.68. The molecule has 1 heterocycles. The zero-order chi connectivity index (χ0) is 14.4. The molecule has 1 amide bonds. The Morgan fingerprint density at radius 3 is 2.55 bits per heavy atom. The summed E-state index contributed by atoms with van der Waals surface area (Å²) in [5.74, 6) is 0.249. The van der Waals surface area contributed by atoms with Gasteiger partial charge in [-0.1, -0.05) is 29.8 Å². The number of aromatic nitrogens is 1. The number of carbonyl (C=O) groups is 1. The highest BCUT2D eigenvalue weighted by atomic mass is 16.1. The third-order valence-electron chi connectivity index (χ3n) is 2.83. The lowest BCUT2D eigenvalue weighted by molar-refractivity contribution is -0.114. The second-order valence-corrected chi connectivity index (χ2v) is 4.52. The van der Waals surface area contributed by atoms with Gasteiger partial charge in [-0.15, -0.1) is 0 Å². The highest BCUT2D eigenvalue weighted by Crippen LogP contribution is 2.11. The Morgan fingerprint density at radius 1 is 1.20 bits per heavy atom. The number of hydrogen-bond donors (Lipinski definition) is 3. The Kier molecular flexibility index (Phi) is 4.68. The third kappa shape index (κ3) is 4.07. The molecule has 0 fully saturated rings. The van der Waals surface area contributed by atoms with Gasteiger partial charge in [-0.2, -0.15) is 0 Å². The molecule has 0 unspecified atom stereocenters. The monoisotopic (exact) mass is 270 g/mol. The van der Waals surface area contributed by atoms with Crippen molar-refractivity contribution in [3.05, 3.63) is 53.7 Å². The largest absolute Gasteiger partial charge is 0.380 e. The summed E-state index contributed by atoms with van der Waals surface area (Å²) in [6, 6.07) is 12.0. The SMILES string of the molecule is Cc1ccc(CNc2ccc(NC(=O)CN)nc2)cc1. The number of carbonyl (C=O) groups excluding carboxylic acids is 1. The van der Waals surface area contributed by atoms with Crippen LogP contribution < -0.4 is 16.4 Å². The predicted molar refractivity (Wildman–Crippen MR) is 80.4 cm³/mol. The van der Waals surface area contributed by atoms with Crippen molar-refractivity contribution >= 4 is 17.4 Å². The summed E-state index contributed by atoms with van der Waals surface area (Å²) in [7, 11) is 0. The van der Waals surface area contributed by atoms with Crippen LogP contribution in [0.3, 0.4) is 0 Å². The van der Waals surface area contributed by atoms with Crippen LogP contribution >= 0.6 is 0 Å². The average Bonchev–Trinajstić information content (AvgIpc) is 2.48. The maximum atomic E-state index is 11.1. The molecule has 1 aromatic heterocycles. The molecule has 5 heteroatoms. The average molecular weight is 270 g/mol. The number of anilines is 2. The first-order valence-corrected chi connectivity index (χ1v) is 6.43. The van der Waals surface area contributed by atoms with Crippen LogP contribution in [-0.4, -0.2) is 17.4 Å². The van der Waals surface area contributed by atoms with Crippen molar-refractivity contribution in [1.82, 2.24) is 4.98 Å². The Hall–Kier alpha value is -2.40. The molecule has 20 heavy (non-hydrogen) atoms. The summed E-state index contributed by atoms with van der Waals surface area (Å²) < 4.78 is 0. The van der Waals surface area contributed by atoms with Crippen LogP contribution in [0, 0.1) is 6.92 Å². The van der Waals surface area contributed by atoms with E-state index in [2.05, 4.69) is 46.8 Å². The van der Waals surface area contributed by atoms with Crippen molar-refractivity contribution in [2.45, 2.75) is 13.5 Å². The first-order chi connectivity index (χ1) is 9.67. The number of hydrogen-bond acceptors (Lipinski definition) is 4. The van der Waals surface area contributed by atoms with E-state index in [4.69, 9.17) is 5.73 Å². The molecule has 0 aliphatic rings. The van der Waals surface area contributed by atoms with Crippen LogP contribution in [0.1, 0.15) is 11.1 Å². The molecule has 0 aliphatic heterocycles. The lowest BCUT2D eigenvalue weighted by Gasteiger charge is -2.08. The predicted octanol–water partition coefficient (Wildman–Crippen LogP) is 1.90. The van der Waals surface area contributed by atoms with Gasteiger partial charge in [0.15, 0.2) is 0 Å². The van der Waals surface area contributed by atoms with Gasteiger partial charge in [0.1, 0.15) is 5.82 Å². The highest BCUT2D eigenvalue weighted by Gasteiger charge is 2.00. The van der Waals surface area contributed by atoms with Gasteiger partial charge in [0.05, 0.1) is 18.4 Å². The van der Waals surface area contributed by atoms with E-state index < -0.39 is 0 Å². The minimum atomic E-state index is -0.252. The second-order valence-electron chi connectivity index (χ2n) is 4.52. The number of nitrogens with zero attached hydrogens (tertiary/aromatic N) is 1. The Morgan fingerprint density at radius 2 is 1.95 bits per heavy atom. The Balaban J connectivity index is 1.90. The Labute approximate surface area is 118 Å². The molecule has 0 atom stereocenters. The van der Waals surface area contributed by atoms with Crippen LogP contribution in [0.15, 0.2) is 42.6 Å².